The summed E-state index contributed by atoms with van der Waals surface area (Å²) in [5.41, 5.74) is 2.63. The molecular formula is C17H16N4O4. The summed E-state index contributed by atoms with van der Waals surface area (Å²) in [4.78, 5) is 22.5. The zero-order valence-corrected chi connectivity index (χ0v) is 13.7. The molecule has 2 aromatic heterocycles. The van der Waals surface area contributed by atoms with Gasteiger partial charge in [-0.05, 0) is 43.2 Å². The molecule has 0 spiro atoms. The zero-order chi connectivity index (χ0) is 18.0. The molecule has 1 aromatic carbocycles. The summed E-state index contributed by atoms with van der Waals surface area (Å²) in [5, 5.41) is 17.4. The lowest BCUT2D eigenvalue weighted by Gasteiger charge is -2.08. The van der Waals surface area contributed by atoms with Crippen LogP contribution in [0.2, 0.25) is 0 Å². The molecule has 0 atom stereocenters. The number of benzene rings is 1. The van der Waals surface area contributed by atoms with E-state index in [1.807, 2.05) is 32.0 Å². The van der Waals surface area contributed by atoms with E-state index in [-0.39, 0.29) is 23.9 Å². The molecule has 0 aliphatic rings. The van der Waals surface area contributed by atoms with Crippen molar-refractivity contribution < 1.29 is 14.1 Å². The van der Waals surface area contributed by atoms with Crippen molar-refractivity contribution in [1.29, 1.82) is 0 Å². The molecule has 2 heterocycles. The molecule has 0 radical (unpaired) electrons. The number of furan rings is 1. The number of nitrogens with one attached hydrogen (secondary N) is 1. The lowest BCUT2D eigenvalue weighted by Crippen LogP contribution is -2.12. The molecular weight excluding hydrogens is 324 g/mol. The molecule has 0 saturated carbocycles. The van der Waals surface area contributed by atoms with Gasteiger partial charge in [0.05, 0.1) is 11.5 Å². The Hall–Kier alpha value is -3.42. The van der Waals surface area contributed by atoms with Crippen LogP contribution in [-0.4, -0.2) is 20.6 Å². The molecule has 8 nitrogen and oxygen atoms in total. The normalized spacial score (nSPS) is 10.6. The average Bonchev–Trinajstić information content (AvgIpc) is 3.21. The number of amides is 1. The molecule has 0 aliphatic carbocycles. The predicted molar refractivity (Wildman–Crippen MR) is 90.6 cm³/mol. The summed E-state index contributed by atoms with van der Waals surface area (Å²) in [7, 11) is 0. The number of aryl methyl sites for hydroxylation is 2. The lowest BCUT2D eigenvalue weighted by molar-refractivity contribution is -0.385. The first kappa shape index (κ1) is 16.4. The number of rotatable bonds is 5. The van der Waals surface area contributed by atoms with E-state index in [0.29, 0.717) is 5.76 Å². The van der Waals surface area contributed by atoms with Crippen LogP contribution in [0.1, 0.15) is 27.4 Å². The monoisotopic (exact) mass is 340 g/mol. The van der Waals surface area contributed by atoms with Crippen LogP contribution in [0.25, 0.3) is 0 Å². The highest BCUT2D eigenvalue weighted by atomic mass is 16.6. The van der Waals surface area contributed by atoms with Gasteiger partial charge in [0.2, 0.25) is 0 Å². The third kappa shape index (κ3) is 3.74. The quantitative estimate of drug-likeness (QED) is 0.567. The summed E-state index contributed by atoms with van der Waals surface area (Å²) < 4.78 is 6.90. The fourth-order valence-electron chi connectivity index (χ4n) is 2.33. The Bertz CT molecular complexity index is 942. The van der Waals surface area contributed by atoms with Crippen molar-refractivity contribution in [3.05, 3.63) is 75.5 Å². The number of hydrogen-bond donors (Lipinski definition) is 1. The largest absolute Gasteiger partial charge is 0.454 e. The van der Waals surface area contributed by atoms with Gasteiger partial charge in [0.15, 0.2) is 5.76 Å². The maximum absolute atomic E-state index is 12.3. The second-order valence-corrected chi connectivity index (χ2v) is 5.69. The topological polar surface area (TPSA) is 103 Å². The Kier molecular flexibility index (Phi) is 4.34. The van der Waals surface area contributed by atoms with E-state index >= 15 is 0 Å². The second-order valence-electron chi connectivity index (χ2n) is 5.69. The first-order valence-electron chi connectivity index (χ1n) is 7.56. The minimum absolute atomic E-state index is 0.0977. The van der Waals surface area contributed by atoms with Gasteiger partial charge in [-0.2, -0.15) is 5.10 Å². The summed E-state index contributed by atoms with van der Waals surface area (Å²) in [6.45, 7) is 4.06. The number of anilines is 1. The average molecular weight is 340 g/mol. The second kappa shape index (κ2) is 6.60. The third-order valence-electron chi connectivity index (χ3n) is 3.67. The van der Waals surface area contributed by atoms with Crippen molar-refractivity contribution in [3.8, 4) is 0 Å². The van der Waals surface area contributed by atoms with E-state index in [9.17, 15) is 14.9 Å². The van der Waals surface area contributed by atoms with Crippen LogP contribution in [0.15, 0.2) is 47.1 Å². The predicted octanol–water partition coefficient (Wildman–Crippen LogP) is 3.30. The number of nitrogens with zero attached hydrogens (tertiary/aromatic N) is 3. The summed E-state index contributed by atoms with van der Waals surface area (Å²) >= 11 is 0. The van der Waals surface area contributed by atoms with Crippen LogP contribution >= 0.6 is 0 Å². The maximum atomic E-state index is 12.3. The Balaban J connectivity index is 1.70. The summed E-state index contributed by atoms with van der Waals surface area (Å²) in [6.07, 6.45) is 2.47. The highest BCUT2D eigenvalue weighted by molar-refractivity contribution is 6.02. The molecule has 1 amide bonds. The van der Waals surface area contributed by atoms with E-state index in [0.717, 1.165) is 23.0 Å². The van der Waals surface area contributed by atoms with E-state index in [1.54, 1.807) is 12.1 Å². The van der Waals surface area contributed by atoms with Crippen molar-refractivity contribution in [2.45, 2.75) is 20.4 Å². The molecule has 128 valence electrons. The molecule has 0 aliphatic heterocycles. The van der Waals surface area contributed by atoms with Crippen LogP contribution in [0.3, 0.4) is 0 Å². The van der Waals surface area contributed by atoms with Crippen molar-refractivity contribution in [1.82, 2.24) is 9.78 Å². The van der Waals surface area contributed by atoms with Crippen LogP contribution in [0.4, 0.5) is 11.4 Å². The van der Waals surface area contributed by atoms with Crippen LogP contribution in [0, 0.1) is 24.0 Å². The van der Waals surface area contributed by atoms with E-state index in [2.05, 4.69) is 10.4 Å². The third-order valence-corrected chi connectivity index (χ3v) is 3.67. The van der Waals surface area contributed by atoms with Gasteiger partial charge < -0.3 is 9.73 Å². The molecule has 0 saturated heterocycles. The van der Waals surface area contributed by atoms with Gasteiger partial charge in [0, 0.05) is 5.69 Å². The lowest BCUT2D eigenvalue weighted by atomic mass is 10.1. The smallest absolute Gasteiger partial charge is 0.307 e. The molecule has 0 bridgehead atoms. The highest BCUT2D eigenvalue weighted by Gasteiger charge is 2.14. The summed E-state index contributed by atoms with van der Waals surface area (Å²) in [5.74, 6) is 0.285. The van der Waals surface area contributed by atoms with Gasteiger partial charge >= 0.3 is 5.69 Å². The molecule has 25 heavy (non-hydrogen) atoms. The first-order chi connectivity index (χ1) is 11.9. The highest BCUT2D eigenvalue weighted by Crippen LogP contribution is 2.19. The van der Waals surface area contributed by atoms with Crippen LogP contribution in [-0.2, 0) is 6.54 Å². The molecule has 0 fully saturated rings. The molecule has 3 rings (SSSR count). The zero-order valence-electron chi connectivity index (χ0n) is 13.7. The fourth-order valence-corrected chi connectivity index (χ4v) is 2.33. The van der Waals surface area contributed by atoms with Gasteiger partial charge in [0.1, 0.15) is 18.2 Å². The van der Waals surface area contributed by atoms with Gasteiger partial charge in [-0.15, -0.1) is 0 Å². The van der Waals surface area contributed by atoms with E-state index in [1.165, 1.54) is 10.9 Å². The molecule has 1 N–H and O–H groups in total. The first-order valence-corrected chi connectivity index (χ1v) is 7.56. The standard InChI is InChI=1S/C17H16N4O4/c1-11-3-4-12(2)15(7-11)19-17(22)16-6-5-14(25-16)10-20-9-13(8-18-20)21(23)24/h3-9H,10H2,1-2H3,(H,19,22). The number of aromatic nitrogens is 2. The Morgan fingerprint density at radius 1 is 1.32 bits per heavy atom. The SMILES string of the molecule is Cc1ccc(C)c(NC(=O)c2ccc(Cn3cc([N+](=O)[O-])cn3)o2)c1. The van der Waals surface area contributed by atoms with E-state index < -0.39 is 4.92 Å². The summed E-state index contributed by atoms with van der Waals surface area (Å²) in [6, 6.07) is 9.00. The van der Waals surface area contributed by atoms with E-state index in [4.69, 9.17) is 4.42 Å². The number of hydrogen-bond acceptors (Lipinski definition) is 5. The van der Waals surface area contributed by atoms with Gasteiger partial charge in [-0.3, -0.25) is 19.6 Å². The minimum Gasteiger partial charge on any atom is -0.454 e. The van der Waals surface area contributed by atoms with Crippen molar-refractivity contribution in [2.24, 2.45) is 0 Å². The van der Waals surface area contributed by atoms with Crippen LogP contribution < -0.4 is 5.32 Å². The minimum atomic E-state index is -0.519. The van der Waals surface area contributed by atoms with Crippen molar-refractivity contribution in [2.75, 3.05) is 5.32 Å². The Morgan fingerprint density at radius 3 is 2.84 bits per heavy atom. The molecule has 0 unspecified atom stereocenters. The molecule has 8 heteroatoms. The number of carbonyl (C=O) groups is 1. The van der Waals surface area contributed by atoms with Gasteiger partial charge in [-0.1, -0.05) is 12.1 Å². The van der Waals surface area contributed by atoms with Crippen molar-refractivity contribution >= 4 is 17.3 Å². The maximum Gasteiger partial charge on any atom is 0.307 e. The molecule has 3 aromatic rings. The number of nitro groups is 1. The van der Waals surface area contributed by atoms with Gasteiger partial charge in [0.25, 0.3) is 5.91 Å². The Labute approximate surface area is 143 Å². The fraction of sp³-hybridized carbons (Fsp3) is 0.176. The van der Waals surface area contributed by atoms with Crippen LogP contribution in [0.5, 0.6) is 0 Å². The Morgan fingerprint density at radius 2 is 2.12 bits per heavy atom. The number of carbonyl (C=O) groups excluding carboxylic acids is 1. The van der Waals surface area contributed by atoms with Crippen molar-refractivity contribution in [3.63, 3.8) is 0 Å². The van der Waals surface area contributed by atoms with Gasteiger partial charge in [-0.25, -0.2) is 0 Å².